The molecular weight excluding hydrogens is 180 g/mol. The van der Waals surface area contributed by atoms with Crippen molar-refractivity contribution >= 4 is 0 Å². The van der Waals surface area contributed by atoms with Gasteiger partial charge in [-0.15, -0.1) is 0 Å². The van der Waals surface area contributed by atoms with Crippen LogP contribution in [0.1, 0.15) is 11.6 Å². The van der Waals surface area contributed by atoms with Gasteiger partial charge in [-0.1, -0.05) is 6.07 Å². The summed E-state index contributed by atoms with van der Waals surface area (Å²) in [4.78, 5) is 0. The minimum absolute atomic E-state index is 0.198. The molecule has 0 bridgehead atoms. The van der Waals surface area contributed by atoms with Gasteiger partial charge in [-0.3, -0.25) is 0 Å². The highest BCUT2D eigenvalue weighted by Crippen LogP contribution is 2.27. The van der Waals surface area contributed by atoms with Gasteiger partial charge in [-0.25, -0.2) is 0 Å². The molecule has 0 aliphatic carbocycles. The number of hydrogen-bond donors (Lipinski definition) is 2. The lowest BCUT2D eigenvalue weighted by molar-refractivity contribution is 0.388. The average Bonchev–Trinajstić information content (AvgIpc) is 2.27. The van der Waals surface area contributed by atoms with Crippen LogP contribution in [-0.4, -0.2) is 20.8 Å². The van der Waals surface area contributed by atoms with Crippen molar-refractivity contribution in [2.45, 2.75) is 6.04 Å². The van der Waals surface area contributed by atoms with Gasteiger partial charge in [0.15, 0.2) is 0 Å². The quantitative estimate of drug-likeness (QED) is 0.742. The van der Waals surface area contributed by atoms with Gasteiger partial charge >= 0.3 is 0 Å². The van der Waals surface area contributed by atoms with Crippen molar-refractivity contribution < 1.29 is 9.47 Å². The van der Waals surface area contributed by atoms with Gasteiger partial charge in [-0.2, -0.15) is 0 Å². The van der Waals surface area contributed by atoms with E-state index in [1.807, 2.05) is 12.1 Å². The van der Waals surface area contributed by atoms with E-state index >= 15 is 0 Å². The van der Waals surface area contributed by atoms with Crippen molar-refractivity contribution in [3.05, 3.63) is 23.8 Å². The van der Waals surface area contributed by atoms with Crippen LogP contribution in [0.15, 0.2) is 18.2 Å². The minimum Gasteiger partial charge on any atom is -0.497 e. The molecule has 0 heterocycles. The summed E-state index contributed by atoms with van der Waals surface area (Å²) < 4.78 is 10.3. The summed E-state index contributed by atoms with van der Waals surface area (Å²) in [6.07, 6.45) is 0. The van der Waals surface area contributed by atoms with Crippen molar-refractivity contribution in [1.29, 1.82) is 0 Å². The fraction of sp³-hybridized carbons (Fsp3) is 0.400. The van der Waals surface area contributed by atoms with E-state index in [0.29, 0.717) is 12.3 Å². The summed E-state index contributed by atoms with van der Waals surface area (Å²) in [7, 11) is 3.21. The summed E-state index contributed by atoms with van der Waals surface area (Å²) in [6.45, 7) is 0.392. The molecule has 0 fully saturated rings. The molecule has 0 radical (unpaired) electrons. The Morgan fingerprint density at radius 1 is 1.29 bits per heavy atom. The van der Waals surface area contributed by atoms with Crippen molar-refractivity contribution in [3.8, 4) is 11.5 Å². The molecule has 1 rings (SSSR count). The van der Waals surface area contributed by atoms with Gasteiger partial charge in [0.05, 0.1) is 14.2 Å². The summed E-state index contributed by atoms with van der Waals surface area (Å²) >= 11 is 0. The summed E-state index contributed by atoms with van der Waals surface area (Å²) in [5.41, 5.74) is 12.2. The highest BCUT2D eigenvalue weighted by molar-refractivity contribution is 5.42. The zero-order valence-electron chi connectivity index (χ0n) is 8.49. The number of nitrogens with two attached hydrogens (primary N) is 2. The molecule has 1 aromatic rings. The molecule has 0 aromatic heterocycles. The second kappa shape index (κ2) is 4.83. The van der Waals surface area contributed by atoms with Gasteiger partial charge in [0, 0.05) is 24.2 Å². The molecule has 4 N–H and O–H groups in total. The van der Waals surface area contributed by atoms with Crippen LogP contribution in [0.25, 0.3) is 0 Å². The van der Waals surface area contributed by atoms with Crippen molar-refractivity contribution in [3.63, 3.8) is 0 Å². The average molecular weight is 196 g/mol. The molecule has 14 heavy (non-hydrogen) atoms. The zero-order valence-corrected chi connectivity index (χ0v) is 8.49. The molecule has 78 valence electrons. The Kier molecular flexibility index (Phi) is 3.73. The lowest BCUT2D eigenvalue weighted by Gasteiger charge is -2.14. The van der Waals surface area contributed by atoms with Gasteiger partial charge in [0.25, 0.3) is 0 Å². The second-order valence-corrected chi connectivity index (χ2v) is 2.95. The van der Waals surface area contributed by atoms with Gasteiger partial charge in [-0.05, 0) is 6.07 Å². The molecule has 0 spiro atoms. The van der Waals surface area contributed by atoms with Crippen LogP contribution >= 0.6 is 0 Å². The lowest BCUT2D eigenvalue weighted by atomic mass is 10.1. The van der Waals surface area contributed by atoms with Crippen LogP contribution in [0.5, 0.6) is 11.5 Å². The molecule has 1 atom stereocenters. The topological polar surface area (TPSA) is 70.5 Å². The van der Waals surface area contributed by atoms with Crippen LogP contribution in [0.2, 0.25) is 0 Å². The Balaban J connectivity index is 3.04. The predicted octanol–water partition coefficient (Wildman–Crippen LogP) is 0.662. The minimum atomic E-state index is -0.198. The van der Waals surface area contributed by atoms with Gasteiger partial charge < -0.3 is 20.9 Å². The SMILES string of the molecule is COc1ccc([C@@H](N)CN)c(OC)c1. The van der Waals surface area contributed by atoms with Gasteiger partial charge in [0.2, 0.25) is 0 Å². The monoisotopic (exact) mass is 196 g/mol. The van der Waals surface area contributed by atoms with Crippen LogP contribution in [0, 0.1) is 0 Å². The van der Waals surface area contributed by atoms with E-state index < -0.39 is 0 Å². The van der Waals surface area contributed by atoms with E-state index in [9.17, 15) is 0 Å². The maximum absolute atomic E-state index is 5.82. The summed E-state index contributed by atoms with van der Waals surface area (Å²) in [6, 6.07) is 5.31. The Morgan fingerprint density at radius 2 is 2.00 bits per heavy atom. The highest BCUT2D eigenvalue weighted by atomic mass is 16.5. The summed E-state index contributed by atoms with van der Waals surface area (Å²) in [5.74, 6) is 1.46. The molecule has 4 nitrogen and oxygen atoms in total. The molecule has 0 aliphatic rings. The molecule has 1 aromatic carbocycles. The third-order valence-electron chi connectivity index (χ3n) is 2.09. The molecule has 0 amide bonds. The lowest BCUT2D eigenvalue weighted by Crippen LogP contribution is -2.21. The first-order valence-electron chi connectivity index (χ1n) is 4.40. The molecular formula is C10H16N2O2. The molecule has 0 saturated carbocycles. The number of rotatable bonds is 4. The van der Waals surface area contributed by atoms with E-state index in [1.54, 1.807) is 20.3 Å². The largest absolute Gasteiger partial charge is 0.497 e. The van der Waals surface area contributed by atoms with Crippen LogP contribution < -0.4 is 20.9 Å². The predicted molar refractivity (Wildman–Crippen MR) is 55.5 cm³/mol. The number of benzene rings is 1. The van der Waals surface area contributed by atoms with E-state index in [2.05, 4.69) is 0 Å². The number of hydrogen-bond acceptors (Lipinski definition) is 4. The molecule has 4 heteroatoms. The standard InChI is InChI=1S/C10H16N2O2/c1-13-7-3-4-8(9(12)6-11)10(5-7)14-2/h3-5,9H,6,11-12H2,1-2H3/t9-/m0/s1. The number of methoxy groups -OCH3 is 2. The highest BCUT2D eigenvalue weighted by Gasteiger charge is 2.10. The maximum atomic E-state index is 5.82. The second-order valence-electron chi connectivity index (χ2n) is 2.95. The Bertz CT molecular complexity index is 302. The van der Waals surface area contributed by atoms with Gasteiger partial charge in [0.1, 0.15) is 11.5 Å². The maximum Gasteiger partial charge on any atom is 0.127 e. The van der Waals surface area contributed by atoms with E-state index in [-0.39, 0.29) is 6.04 Å². The first-order valence-corrected chi connectivity index (χ1v) is 4.40. The first-order chi connectivity index (χ1) is 6.72. The van der Waals surface area contributed by atoms with Crippen molar-refractivity contribution in [2.75, 3.05) is 20.8 Å². The number of ether oxygens (including phenoxy) is 2. The van der Waals surface area contributed by atoms with Crippen LogP contribution in [0.4, 0.5) is 0 Å². The first kappa shape index (κ1) is 10.8. The van der Waals surface area contributed by atoms with Crippen LogP contribution in [-0.2, 0) is 0 Å². The molecule has 0 saturated heterocycles. The van der Waals surface area contributed by atoms with E-state index in [4.69, 9.17) is 20.9 Å². The summed E-state index contributed by atoms with van der Waals surface area (Å²) in [5, 5.41) is 0. The Morgan fingerprint density at radius 3 is 2.50 bits per heavy atom. The third-order valence-corrected chi connectivity index (χ3v) is 2.09. The Hall–Kier alpha value is -1.26. The van der Waals surface area contributed by atoms with Crippen LogP contribution in [0.3, 0.4) is 0 Å². The third kappa shape index (κ3) is 2.16. The zero-order chi connectivity index (χ0) is 10.6. The molecule has 0 unspecified atom stereocenters. The fourth-order valence-corrected chi connectivity index (χ4v) is 1.25. The normalized spacial score (nSPS) is 12.3. The van der Waals surface area contributed by atoms with E-state index in [0.717, 1.165) is 11.3 Å². The van der Waals surface area contributed by atoms with Crippen molar-refractivity contribution in [2.24, 2.45) is 11.5 Å². The van der Waals surface area contributed by atoms with Crippen molar-refractivity contribution in [1.82, 2.24) is 0 Å². The smallest absolute Gasteiger partial charge is 0.127 e. The Labute approximate surface area is 83.8 Å². The fourth-order valence-electron chi connectivity index (χ4n) is 1.25. The van der Waals surface area contributed by atoms with E-state index in [1.165, 1.54) is 0 Å². The molecule has 0 aliphatic heterocycles.